The quantitative estimate of drug-likeness (QED) is 0.685. The lowest BCUT2D eigenvalue weighted by molar-refractivity contribution is 0.0629. The minimum absolute atomic E-state index is 0.166. The van der Waals surface area contributed by atoms with Crippen LogP contribution in [0.2, 0.25) is 0 Å². The zero-order valence-corrected chi connectivity index (χ0v) is 18.5. The van der Waals surface area contributed by atoms with Crippen LogP contribution in [0.4, 0.5) is 0 Å². The number of hydrogen-bond donors (Lipinski definition) is 1. The van der Waals surface area contributed by atoms with Crippen molar-refractivity contribution in [3.8, 4) is 0 Å². The van der Waals surface area contributed by atoms with Crippen LogP contribution >= 0.6 is 11.6 Å². The van der Waals surface area contributed by atoms with Crippen LogP contribution < -0.4 is 5.32 Å². The number of nitrogens with one attached hydrogen (secondary N) is 1. The summed E-state index contributed by atoms with van der Waals surface area (Å²) in [6.45, 7) is 13.6. The van der Waals surface area contributed by atoms with Gasteiger partial charge in [-0.15, -0.1) is 11.6 Å². The molecule has 1 N–H and O–H groups in total. The van der Waals surface area contributed by atoms with E-state index >= 15 is 0 Å². The van der Waals surface area contributed by atoms with Crippen LogP contribution in [0.15, 0.2) is 42.4 Å². The van der Waals surface area contributed by atoms with Crippen molar-refractivity contribution in [3.63, 3.8) is 0 Å². The third kappa shape index (κ3) is 5.65. The predicted molar refractivity (Wildman–Crippen MR) is 117 cm³/mol. The third-order valence-electron chi connectivity index (χ3n) is 6.21. The molecular formula is C23H35ClN4. The van der Waals surface area contributed by atoms with Crippen molar-refractivity contribution in [3.05, 3.63) is 48.1 Å². The highest BCUT2D eigenvalue weighted by atomic mass is 35.5. The number of aromatic nitrogens is 2. The zero-order valence-electron chi connectivity index (χ0n) is 17.7. The Morgan fingerprint density at radius 2 is 2.14 bits per heavy atom. The van der Waals surface area contributed by atoms with Crippen LogP contribution in [0, 0.1) is 17.3 Å². The fourth-order valence-electron chi connectivity index (χ4n) is 4.56. The van der Waals surface area contributed by atoms with Gasteiger partial charge in [-0.05, 0) is 42.2 Å². The largest absolute Gasteiger partial charge is 0.307 e. The molecule has 154 valence electrons. The van der Waals surface area contributed by atoms with Gasteiger partial charge in [0.05, 0.1) is 11.1 Å². The van der Waals surface area contributed by atoms with Gasteiger partial charge >= 0.3 is 0 Å². The van der Waals surface area contributed by atoms with Crippen molar-refractivity contribution in [2.45, 2.75) is 58.5 Å². The van der Waals surface area contributed by atoms with Gasteiger partial charge in [0, 0.05) is 44.3 Å². The van der Waals surface area contributed by atoms with Crippen molar-refractivity contribution in [2.75, 3.05) is 19.6 Å². The molecule has 1 aromatic heterocycles. The molecule has 0 amide bonds. The molecule has 0 spiro atoms. The molecule has 0 bridgehead atoms. The number of likely N-dealkylation sites (tertiary alicyclic amines) is 1. The maximum absolute atomic E-state index is 6.22. The van der Waals surface area contributed by atoms with Crippen molar-refractivity contribution >= 4 is 11.6 Å². The summed E-state index contributed by atoms with van der Waals surface area (Å²) in [5, 5.41) is 3.87. The molecule has 1 aromatic rings. The van der Waals surface area contributed by atoms with Crippen LogP contribution in [-0.2, 0) is 6.54 Å². The Morgan fingerprint density at radius 3 is 2.75 bits per heavy atom. The van der Waals surface area contributed by atoms with Crippen molar-refractivity contribution < 1.29 is 0 Å². The van der Waals surface area contributed by atoms with E-state index in [2.05, 4.69) is 66.1 Å². The van der Waals surface area contributed by atoms with Gasteiger partial charge in [0.1, 0.15) is 0 Å². The lowest BCUT2D eigenvalue weighted by Gasteiger charge is -2.46. The molecule has 0 saturated carbocycles. The Hall–Kier alpha value is -1.23. The average molecular weight is 403 g/mol. The van der Waals surface area contributed by atoms with E-state index in [1.165, 1.54) is 12.0 Å². The highest BCUT2D eigenvalue weighted by Crippen LogP contribution is 2.41. The SMILES string of the molecule is CC(C)[C@H](CN1CC[C@H](C2=CCC(Cl)C=C2)C(C)(C)C1)NCc1cnccn1. The van der Waals surface area contributed by atoms with Crippen molar-refractivity contribution in [2.24, 2.45) is 17.3 Å². The summed E-state index contributed by atoms with van der Waals surface area (Å²) in [6, 6.07) is 0.445. The van der Waals surface area contributed by atoms with Gasteiger partial charge in [-0.1, -0.05) is 45.9 Å². The number of nitrogens with zero attached hydrogens (tertiary/aromatic N) is 3. The first kappa shape index (κ1) is 21.5. The second-order valence-electron chi connectivity index (χ2n) is 9.31. The molecule has 0 aromatic carbocycles. The van der Waals surface area contributed by atoms with Gasteiger partial charge in [-0.25, -0.2) is 0 Å². The summed E-state index contributed by atoms with van der Waals surface area (Å²) >= 11 is 6.22. The second kappa shape index (κ2) is 9.51. The van der Waals surface area contributed by atoms with Crippen LogP contribution in [0.5, 0.6) is 0 Å². The van der Waals surface area contributed by atoms with E-state index in [9.17, 15) is 0 Å². The molecule has 1 fully saturated rings. The van der Waals surface area contributed by atoms with Crippen LogP contribution in [0.3, 0.4) is 0 Å². The third-order valence-corrected chi connectivity index (χ3v) is 6.53. The number of alkyl halides is 1. The Morgan fingerprint density at radius 1 is 1.32 bits per heavy atom. The summed E-state index contributed by atoms with van der Waals surface area (Å²) in [4.78, 5) is 11.2. The first-order valence-corrected chi connectivity index (χ1v) is 11.0. The van der Waals surface area contributed by atoms with E-state index in [1.807, 2.05) is 6.20 Å². The summed E-state index contributed by atoms with van der Waals surface area (Å²) in [5.74, 6) is 1.19. The normalized spacial score (nSPS) is 26.3. The molecule has 0 radical (unpaired) electrons. The van der Waals surface area contributed by atoms with E-state index in [0.29, 0.717) is 17.9 Å². The molecule has 1 aliphatic carbocycles. The van der Waals surface area contributed by atoms with Crippen molar-refractivity contribution in [1.29, 1.82) is 0 Å². The minimum Gasteiger partial charge on any atom is -0.307 e. The van der Waals surface area contributed by atoms with Gasteiger partial charge < -0.3 is 10.2 Å². The first-order chi connectivity index (χ1) is 13.3. The molecule has 1 saturated heterocycles. The molecule has 4 nitrogen and oxygen atoms in total. The molecule has 5 heteroatoms. The van der Waals surface area contributed by atoms with Gasteiger partial charge in [-0.2, -0.15) is 0 Å². The highest BCUT2D eigenvalue weighted by molar-refractivity contribution is 6.22. The molecule has 3 atom stereocenters. The van der Waals surface area contributed by atoms with E-state index in [-0.39, 0.29) is 10.8 Å². The fourth-order valence-corrected chi connectivity index (χ4v) is 4.72. The molecular weight excluding hydrogens is 368 g/mol. The Labute approximate surface area is 175 Å². The Kier molecular flexibility index (Phi) is 7.30. The summed E-state index contributed by atoms with van der Waals surface area (Å²) in [7, 11) is 0. The number of allylic oxidation sites excluding steroid dienone is 4. The monoisotopic (exact) mass is 402 g/mol. The molecule has 2 aliphatic rings. The fraction of sp³-hybridized carbons (Fsp3) is 0.652. The highest BCUT2D eigenvalue weighted by Gasteiger charge is 2.38. The maximum Gasteiger partial charge on any atom is 0.0724 e. The molecule has 1 unspecified atom stereocenters. The van der Waals surface area contributed by atoms with Gasteiger partial charge in [0.25, 0.3) is 0 Å². The number of halogens is 1. The molecule has 1 aliphatic heterocycles. The predicted octanol–water partition coefficient (Wildman–Crippen LogP) is 4.43. The topological polar surface area (TPSA) is 41.0 Å². The van der Waals surface area contributed by atoms with E-state index in [4.69, 9.17) is 11.6 Å². The number of hydrogen-bond acceptors (Lipinski definition) is 4. The van der Waals surface area contributed by atoms with Crippen LogP contribution in [0.1, 0.15) is 46.2 Å². The smallest absolute Gasteiger partial charge is 0.0724 e. The summed E-state index contributed by atoms with van der Waals surface area (Å²) in [5.41, 5.74) is 2.75. The molecule has 28 heavy (non-hydrogen) atoms. The summed E-state index contributed by atoms with van der Waals surface area (Å²) in [6.07, 6.45) is 14.3. The van der Waals surface area contributed by atoms with E-state index in [1.54, 1.807) is 12.4 Å². The number of piperidine rings is 1. The zero-order chi connectivity index (χ0) is 20.1. The van der Waals surface area contributed by atoms with E-state index in [0.717, 1.165) is 38.3 Å². The maximum atomic E-state index is 6.22. The first-order valence-electron chi connectivity index (χ1n) is 10.6. The summed E-state index contributed by atoms with van der Waals surface area (Å²) < 4.78 is 0. The molecule has 2 heterocycles. The van der Waals surface area contributed by atoms with Crippen LogP contribution in [-0.4, -0.2) is 45.9 Å². The average Bonchev–Trinajstić information content (AvgIpc) is 2.66. The standard InChI is InChI=1S/C23H35ClN4/c1-17(2)22(27-14-20-13-25-10-11-26-20)15-28-12-9-21(23(3,4)16-28)18-5-7-19(24)8-6-18/h5-7,10-11,13,17,19,21-22,27H,8-9,12,14-16H2,1-4H3/t19?,21-,22+/m1/s1. The van der Waals surface area contributed by atoms with E-state index < -0.39 is 0 Å². The van der Waals surface area contributed by atoms with Gasteiger partial charge in [0.2, 0.25) is 0 Å². The lowest BCUT2D eigenvalue weighted by Crippen LogP contribution is -2.51. The minimum atomic E-state index is 0.166. The second-order valence-corrected chi connectivity index (χ2v) is 9.87. The Balaban J connectivity index is 1.57. The number of rotatable bonds is 7. The van der Waals surface area contributed by atoms with Gasteiger partial charge in [-0.3, -0.25) is 9.97 Å². The lowest BCUT2D eigenvalue weighted by atomic mass is 9.69. The molecule has 3 rings (SSSR count). The van der Waals surface area contributed by atoms with Gasteiger partial charge in [0.15, 0.2) is 0 Å². The van der Waals surface area contributed by atoms with Crippen LogP contribution in [0.25, 0.3) is 0 Å². The Bertz CT molecular complexity index is 683. The van der Waals surface area contributed by atoms with Crippen molar-refractivity contribution in [1.82, 2.24) is 20.2 Å².